The van der Waals surface area contributed by atoms with Gasteiger partial charge in [0, 0.05) is 25.2 Å². The third-order valence-electron chi connectivity index (χ3n) is 5.12. The number of para-hydroxylation sites is 1. The van der Waals surface area contributed by atoms with Crippen LogP contribution in [0.2, 0.25) is 0 Å². The lowest BCUT2D eigenvalue weighted by Crippen LogP contribution is -2.36. The summed E-state index contributed by atoms with van der Waals surface area (Å²) < 4.78 is 33.3. The van der Waals surface area contributed by atoms with Crippen LogP contribution in [0.25, 0.3) is 0 Å². The second kappa shape index (κ2) is 9.85. The van der Waals surface area contributed by atoms with E-state index >= 15 is 0 Å². The molecule has 4 rings (SSSR count). The lowest BCUT2D eigenvalue weighted by molar-refractivity contribution is -0.385. The molecule has 2 aromatic carbocycles. The van der Waals surface area contributed by atoms with E-state index in [9.17, 15) is 23.3 Å². The molecule has 1 saturated heterocycles. The summed E-state index contributed by atoms with van der Waals surface area (Å²) in [5, 5.41) is 13.7. The Kier molecular flexibility index (Phi) is 6.70. The number of carbonyl (C=O) groups is 1. The van der Waals surface area contributed by atoms with Gasteiger partial charge in [0.25, 0.3) is 21.6 Å². The zero-order chi connectivity index (χ0) is 24.1. The molecular formula is C22H21N5O6S. The molecule has 3 aromatic rings. The van der Waals surface area contributed by atoms with Crippen LogP contribution in [0.1, 0.15) is 10.4 Å². The maximum atomic E-state index is 12.9. The van der Waals surface area contributed by atoms with Gasteiger partial charge in [0.1, 0.15) is 5.82 Å². The number of rotatable bonds is 7. The van der Waals surface area contributed by atoms with Gasteiger partial charge in [-0.15, -0.1) is 0 Å². The van der Waals surface area contributed by atoms with Crippen LogP contribution in [0.3, 0.4) is 0 Å². The highest BCUT2D eigenvalue weighted by Gasteiger charge is 2.21. The van der Waals surface area contributed by atoms with Crippen molar-refractivity contribution in [2.24, 2.45) is 0 Å². The van der Waals surface area contributed by atoms with Gasteiger partial charge in [-0.2, -0.15) is 0 Å². The number of nitrogens with zero attached hydrogens (tertiary/aromatic N) is 3. The van der Waals surface area contributed by atoms with Gasteiger partial charge in [0.15, 0.2) is 0 Å². The molecule has 0 aliphatic carbocycles. The first-order chi connectivity index (χ1) is 16.3. The molecule has 0 unspecified atom stereocenters. The molecule has 0 radical (unpaired) electrons. The number of nitrogens with one attached hydrogen (secondary N) is 2. The monoisotopic (exact) mass is 483 g/mol. The first kappa shape index (κ1) is 23.1. The van der Waals surface area contributed by atoms with Crippen LogP contribution in [0.15, 0.2) is 71.8 Å². The van der Waals surface area contributed by atoms with Gasteiger partial charge >= 0.3 is 0 Å². The van der Waals surface area contributed by atoms with E-state index in [-0.39, 0.29) is 21.8 Å². The Bertz CT molecular complexity index is 1310. The smallest absolute Gasteiger partial charge is 0.270 e. The van der Waals surface area contributed by atoms with Gasteiger partial charge in [-0.1, -0.05) is 18.2 Å². The van der Waals surface area contributed by atoms with Gasteiger partial charge < -0.3 is 15.0 Å². The van der Waals surface area contributed by atoms with Gasteiger partial charge in [0.2, 0.25) is 0 Å². The summed E-state index contributed by atoms with van der Waals surface area (Å²) in [5.74, 6) is -0.262. The van der Waals surface area contributed by atoms with Crippen molar-refractivity contribution < 1.29 is 22.9 Å². The maximum absolute atomic E-state index is 12.9. The van der Waals surface area contributed by atoms with Crippen LogP contribution >= 0.6 is 0 Å². The van der Waals surface area contributed by atoms with Gasteiger partial charge in [-0.05, 0) is 30.3 Å². The number of ether oxygens (including phenoxy) is 1. The molecule has 0 spiro atoms. The van der Waals surface area contributed by atoms with E-state index in [0.717, 1.165) is 24.8 Å². The fourth-order valence-corrected chi connectivity index (χ4v) is 4.51. The second-order valence-corrected chi connectivity index (χ2v) is 9.04. The number of benzene rings is 2. The number of amides is 1. The molecule has 1 fully saturated rings. The van der Waals surface area contributed by atoms with E-state index in [1.54, 1.807) is 24.4 Å². The highest BCUT2D eigenvalue weighted by molar-refractivity contribution is 7.92. The minimum Gasteiger partial charge on any atom is -0.378 e. The Morgan fingerprint density at radius 3 is 2.53 bits per heavy atom. The topological polar surface area (TPSA) is 144 Å². The van der Waals surface area contributed by atoms with Crippen LogP contribution in [-0.4, -0.2) is 50.5 Å². The number of nitro groups is 1. The Balaban J connectivity index is 1.51. The average molecular weight is 484 g/mol. The number of hydrogen-bond donors (Lipinski definition) is 2. The lowest BCUT2D eigenvalue weighted by Gasteiger charge is -2.28. The molecule has 0 bridgehead atoms. The first-order valence-electron chi connectivity index (χ1n) is 10.3. The normalized spacial score (nSPS) is 13.8. The molecule has 11 nitrogen and oxygen atoms in total. The molecule has 2 heterocycles. The third-order valence-corrected chi connectivity index (χ3v) is 6.48. The fraction of sp³-hybridized carbons (Fsp3) is 0.182. The highest BCUT2D eigenvalue weighted by Crippen LogP contribution is 2.24. The summed E-state index contributed by atoms with van der Waals surface area (Å²) in [7, 11) is -4.18. The van der Waals surface area contributed by atoms with Gasteiger partial charge in [-0.3, -0.25) is 19.6 Å². The number of pyridine rings is 1. The number of sulfonamides is 1. The number of carbonyl (C=O) groups excluding carboxylic acids is 1. The zero-order valence-corrected chi connectivity index (χ0v) is 18.7. The van der Waals surface area contributed by atoms with Crippen molar-refractivity contribution in [3.63, 3.8) is 0 Å². The third kappa shape index (κ3) is 5.30. The Morgan fingerprint density at radius 2 is 1.82 bits per heavy atom. The standard InChI is InChI=1S/C22H21N5O6S/c28-22(24-21-9-8-17(15-23-21)26-10-12-33-13-11-26)19-6-1-2-7-20(19)25-34(31,32)18-5-3-4-16(14-18)27(29)30/h1-9,14-15,25H,10-13H2,(H,23,24,28). The molecule has 0 atom stereocenters. The summed E-state index contributed by atoms with van der Waals surface area (Å²) in [6.45, 7) is 2.79. The van der Waals surface area contributed by atoms with Crippen molar-refractivity contribution in [3.05, 3.63) is 82.5 Å². The van der Waals surface area contributed by atoms with E-state index < -0.39 is 20.9 Å². The van der Waals surface area contributed by atoms with Crippen molar-refractivity contribution in [1.82, 2.24) is 4.98 Å². The van der Waals surface area contributed by atoms with Gasteiger partial charge in [-0.25, -0.2) is 13.4 Å². The summed E-state index contributed by atoms with van der Waals surface area (Å²) in [6.07, 6.45) is 1.65. The molecule has 176 valence electrons. The van der Waals surface area contributed by atoms with E-state index in [0.29, 0.717) is 19.0 Å². The molecule has 1 aliphatic rings. The minimum absolute atomic E-state index is 0.0245. The summed E-state index contributed by atoms with van der Waals surface area (Å²) in [5.41, 5.74) is 0.638. The predicted molar refractivity (Wildman–Crippen MR) is 126 cm³/mol. The number of aromatic nitrogens is 1. The predicted octanol–water partition coefficient (Wildman–Crippen LogP) is 2.88. The largest absolute Gasteiger partial charge is 0.378 e. The van der Waals surface area contributed by atoms with Crippen LogP contribution in [0.4, 0.5) is 22.9 Å². The van der Waals surface area contributed by atoms with Crippen molar-refractivity contribution in [2.75, 3.05) is 41.2 Å². The molecule has 1 amide bonds. The van der Waals surface area contributed by atoms with E-state index in [1.165, 1.54) is 30.3 Å². The van der Waals surface area contributed by atoms with Crippen LogP contribution in [-0.2, 0) is 14.8 Å². The maximum Gasteiger partial charge on any atom is 0.270 e. The average Bonchev–Trinajstić information content (AvgIpc) is 2.85. The van der Waals surface area contributed by atoms with Crippen LogP contribution in [0, 0.1) is 10.1 Å². The molecule has 2 N–H and O–H groups in total. The summed E-state index contributed by atoms with van der Waals surface area (Å²) >= 11 is 0. The number of morpholine rings is 1. The second-order valence-electron chi connectivity index (χ2n) is 7.36. The molecule has 0 saturated carbocycles. The van der Waals surface area contributed by atoms with Crippen molar-refractivity contribution in [3.8, 4) is 0 Å². The number of non-ortho nitro benzene ring substituents is 1. The molecule has 34 heavy (non-hydrogen) atoms. The van der Waals surface area contributed by atoms with Crippen LogP contribution in [0.5, 0.6) is 0 Å². The molecular weight excluding hydrogens is 462 g/mol. The lowest BCUT2D eigenvalue weighted by atomic mass is 10.1. The summed E-state index contributed by atoms with van der Waals surface area (Å²) in [6, 6.07) is 14.2. The fourth-order valence-electron chi connectivity index (χ4n) is 3.39. The SMILES string of the molecule is O=C(Nc1ccc(N2CCOCC2)cn1)c1ccccc1NS(=O)(=O)c1cccc([N+](=O)[O-])c1. The number of hydrogen-bond acceptors (Lipinski definition) is 8. The van der Waals surface area contributed by atoms with E-state index in [1.807, 2.05) is 6.07 Å². The molecule has 12 heteroatoms. The number of nitro benzene ring substituents is 1. The Labute approximate surface area is 195 Å². The molecule has 1 aromatic heterocycles. The Hall–Kier alpha value is -4.03. The minimum atomic E-state index is -4.18. The van der Waals surface area contributed by atoms with E-state index in [4.69, 9.17) is 4.74 Å². The summed E-state index contributed by atoms with van der Waals surface area (Å²) in [4.78, 5) is 29.3. The highest BCUT2D eigenvalue weighted by atomic mass is 32.2. The Morgan fingerprint density at radius 1 is 1.06 bits per heavy atom. The van der Waals surface area contributed by atoms with Crippen molar-refractivity contribution in [2.45, 2.75) is 4.90 Å². The molecule has 1 aliphatic heterocycles. The van der Waals surface area contributed by atoms with E-state index in [2.05, 4.69) is 19.9 Å². The quantitative estimate of drug-likeness (QED) is 0.386. The van der Waals surface area contributed by atoms with Crippen molar-refractivity contribution in [1.29, 1.82) is 0 Å². The first-order valence-corrected chi connectivity index (χ1v) is 11.8. The van der Waals surface area contributed by atoms with Crippen molar-refractivity contribution >= 4 is 38.8 Å². The van der Waals surface area contributed by atoms with Gasteiger partial charge in [0.05, 0.1) is 46.2 Å². The van der Waals surface area contributed by atoms with Crippen LogP contribution < -0.4 is 14.9 Å². The number of anilines is 3. The zero-order valence-electron chi connectivity index (χ0n) is 17.9.